The Morgan fingerprint density at radius 1 is 0.912 bits per heavy atom. The SMILES string of the molecule is CCOc1ccc(OC(C)C(=O)NNC(=O)c2cccc(OCc3ccccc3C#N)c2)cc1. The Hall–Kier alpha value is -4.51. The highest BCUT2D eigenvalue weighted by molar-refractivity contribution is 5.96. The van der Waals surface area contributed by atoms with Gasteiger partial charge in [-0.3, -0.25) is 20.4 Å². The van der Waals surface area contributed by atoms with Crippen molar-refractivity contribution in [1.82, 2.24) is 10.9 Å². The largest absolute Gasteiger partial charge is 0.494 e. The molecule has 0 heterocycles. The summed E-state index contributed by atoms with van der Waals surface area (Å²) in [5.74, 6) is 0.645. The Labute approximate surface area is 198 Å². The summed E-state index contributed by atoms with van der Waals surface area (Å²) in [7, 11) is 0. The molecule has 0 saturated carbocycles. The van der Waals surface area contributed by atoms with Gasteiger partial charge >= 0.3 is 0 Å². The van der Waals surface area contributed by atoms with Crippen LogP contribution >= 0.6 is 0 Å². The number of carbonyl (C=O) groups excluding carboxylic acids is 2. The highest BCUT2D eigenvalue weighted by atomic mass is 16.5. The number of carbonyl (C=O) groups is 2. The van der Waals surface area contributed by atoms with Crippen molar-refractivity contribution in [3.63, 3.8) is 0 Å². The zero-order valence-corrected chi connectivity index (χ0v) is 18.9. The molecule has 8 nitrogen and oxygen atoms in total. The van der Waals surface area contributed by atoms with E-state index in [9.17, 15) is 14.9 Å². The molecule has 0 spiro atoms. The van der Waals surface area contributed by atoms with E-state index in [1.807, 2.05) is 13.0 Å². The summed E-state index contributed by atoms with van der Waals surface area (Å²) >= 11 is 0. The molecule has 0 saturated heterocycles. The fourth-order valence-corrected chi connectivity index (χ4v) is 2.97. The van der Waals surface area contributed by atoms with Crippen LogP contribution in [0, 0.1) is 11.3 Å². The Morgan fingerprint density at radius 2 is 1.65 bits per heavy atom. The Kier molecular flexibility index (Phi) is 8.47. The van der Waals surface area contributed by atoms with Gasteiger partial charge in [-0.2, -0.15) is 5.26 Å². The molecule has 0 bridgehead atoms. The van der Waals surface area contributed by atoms with Crippen LogP contribution in [0.4, 0.5) is 0 Å². The number of rotatable bonds is 9. The molecule has 0 aliphatic rings. The normalized spacial score (nSPS) is 11.0. The second kappa shape index (κ2) is 11.9. The van der Waals surface area contributed by atoms with Crippen molar-refractivity contribution in [2.75, 3.05) is 6.61 Å². The summed E-state index contributed by atoms with van der Waals surface area (Å²) in [5, 5.41) is 9.18. The van der Waals surface area contributed by atoms with Gasteiger partial charge in [-0.05, 0) is 62.4 Å². The molecule has 0 aromatic heterocycles. The molecule has 0 aliphatic carbocycles. The Bertz CT molecular complexity index is 1170. The van der Waals surface area contributed by atoms with Gasteiger partial charge in [0.1, 0.15) is 23.9 Å². The third-order valence-corrected chi connectivity index (χ3v) is 4.74. The lowest BCUT2D eigenvalue weighted by atomic mass is 10.1. The predicted octanol–water partition coefficient (Wildman–Crippen LogP) is 3.76. The van der Waals surface area contributed by atoms with Crippen LogP contribution in [0.5, 0.6) is 17.2 Å². The van der Waals surface area contributed by atoms with Gasteiger partial charge in [0.15, 0.2) is 6.10 Å². The van der Waals surface area contributed by atoms with Gasteiger partial charge in [-0.25, -0.2) is 0 Å². The van der Waals surface area contributed by atoms with Crippen molar-refractivity contribution in [3.8, 4) is 23.3 Å². The number of nitrogens with zero attached hydrogens (tertiary/aromatic N) is 1. The van der Waals surface area contributed by atoms with Crippen molar-refractivity contribution in [2.45, 2.75) is 26.6 Å². The predicted molar refractivity (Wildman–Crippen MR) is 125 cm³/mol. The summed E-state index contributed by atoms with van der Waals surface area (Å²) in [5.41, 5.74) is 6.30. The number of hydrazine groups is 1. The van der Waals surface area contributed by atoms with E-state index in [0.717, 1.165) is 5.56 Å². The highest BCUT2D eigenvalue weighted by Crippen LogP contribution is 2.19. The van der Waals surface area contributed by atoms with Gasteiger partial charge in [-0.1, -0.05) is 24.3 Å². The molecular formula is C26H25N3O5. The summed E-state index contributed by atoms with van der Waals surface area (Å²) in [6.07, 6.45) is -0.840. The molecule has 0 aliphatic heterocycles. The van der Waals surface area contributed by atoms with E-state index in [2.05, 4.69) is 16.9 Å². The molecule has 174 valence electrons. The zero-order chi connectivity index (χ0) is 24.3. The van der Waals surface area contributed by atoms with Crippen LogP contribution in [-0.4, -0.2) is 24.5 Å². The van der Waals surface area contributed by atoms with Crippen LogP contribution in [0.25, 0.3) is 0 Å². The minimum atomic E-state index is -0.840. The van der Waals surface area contributed by atoms with Crippen LogP contribution < -0.4 is 25.1 Å². The molecule has 8 heteroatoms. The molecule has 3 rings (SSSR count). The topological polar surface area (TPSA) is 110 Å². The van der Waals surface area contributed by atoms with Crippen molar-refractivity contribution in [1.29, 1.82) is 5.26 Å². The van der Waals surface area contributed by atoms with Crippen LogP contribution in [0.2, 0.25) is 0 Å². The minimum Gasteiger partial charge on any atom is -0.494 e. The lowest BCUT2D eigenvalue weighted by molar-refractivity contribution is -0.128. The smallest absolute Gasteiger partial charge is 0.279 e. The highest BCUT2D eigenvalue weighted by Gasteiger charge is 2.16. The van der Waals surface area contributed by atoms with Crippen LogP contribution in [-0.2, 0) is 11.4 Å². The molecular weight excluding hydrogens is 434 g/mol. The van der Waals surface area contributed by atoms with E-state index in [0.29, 0.717) is 35.0 Å². The molecule has 0 radical (unpaired) electrons. The number of nitriles is 1. The molecule has 2 N–H and O–H groups in total. The first-order valence-electron chi connectivity index (χ1n) is 10.7. The fourth-order valence-electron chi connectivity index (χ4n) is 2.97. The maximum Gasteiger partial charge on any atom is 0.279 e. The van der Waals surface area contributed by atoms with Crippen LogP contribution in [0.3, 0.4) is 0 Å². The van der Waals surface area contributed by atoms with E-state index < -0.39 is 17.9 Å². The van der Waals surface area contributed by atoms with Gasteiger partial charge in [-0.15, -0.1) is 0 Å². The summed E-state index contributed by atoms with van der Waals surface area (Å²) in [6, 6.07) is 22.7. The summed E-state index contributed by atoms with van der Waals surface area (Å²) in [6.45, 7) is 4.21. The van der Waals surface area contributed by atoms with E-state index in [1.54, 1.807) is 73.7 Å². The second-order valence-electron chi connectivity index (χ2n) is 7.19. The first-order chi connectivity index (χ1) is 16.5. The molecule has 3 aromatic rings. The number of amides is 2. The average molecular weight is 460 g/mol. The number of hydrogen-bond donors (Lipinski definition) is 2. The van der Waals surface area contributed by atoms with Gasteiger partial charge in [0, 0.05) is 11.1 Å². The summed E-state index contributed by atoms with van der Waals surface area (Å²) < 4.78 is 16.7. The lowest BCUT2D eigenvalue weighted by Gasteiger charge is -2.15. The van der Waals surface area contributed by atoms with Gasteiger partial charge in [0.05, 0.1) is 18.2 Å². The van der Waals surface area contributed by atoms with Gasteiger partial charge < -0.3 is 14.2 Å². The number of hydrogen-bond acceptors (Lipinski definition) is 6. The van der Waals surface area contributed by atoms with Crippen molar-refractivity contribution in [3.05, 3.63) is 89.5 Å². The maximum absolute atomic E-state index is 12.5. The van der Waals surface area contributed by atoms with Crippen LogP contribution in [0.1, 0.15) is 35.3 Å². The summed E-state index contributed by atoms with van der Waals surface area (Å²) in [4.78, 5) is 24.8. The van der Waals surface area contributed by atoms with Gasteiger partial charge in [0.25, 0.3) is 11.8 Å². The lowest BCUT2D eigenvalue weighted by Crippen LogP contribution is -2.47. The minimum absolute atomic E-state index is 0.186. The Balaban J connectivity index is 1.51. The molecule has 34 heavy (non-hydrogen) atoms. The van der Waals surface area contributed by atoms with Crippen molar-refractivity contribution < 1.29 is 23.8 Å². The molecule has 2 amide bonds. The number of ether oxygens (including phenoxy) is 3. The van der Waals surface area contributed by atoms with Gasteiger partial charge in [0.2, 0.25) is 0 Å². The average Bonchev–Trinajstić information content (AvgIpc) is 2.87. The third-order valence-electron chi connectivity index (χ3n) is 4.74. The van der Waals surface area contributed by atoms with E-state index >= 15 is 0 Å². The standard InChI is InChI=1S/C26H25N3O5/c1-3-32-22-11-13-23(14-12-22)34-18(2)25(30)28-29-26(31)19-9-6-10-24(15-19)33-17-21-8-5-4-7-20(21)16-27/h4-15,18H,3,17H2,1-2H3,(H,28,30)(H,29,31). The maximum atomic E-state index is 12.5. The van der Waals surface area contributed by atoms with E-state index in [-0.39, 0.29) is 6.61 Å². The first-order valence-corrected chi connectivity index (χ1v) is 10.7. The quantitative estimate of drug-likeness (QED) is 0.472. The Morgan fingerprint density at radius 3 is 2.38 bits per heavy atom. The molecule has 1 atom stereocenters. The van der Waals surface area contributed by atoms with E-state index in [1.165, 1.54) is 0 Å². The fraction of sp³-hybridized carbons (Fsp3) is 0.192. The van der Waals surface area contributed by atoms with E-state index in [4.69, 9.17) is 14.2 Å². The first kappa shape index (κ1) is 24.1. The number of benzene rings is 3. The second-order valence-corrected chi connectivity index (χ2v) is 7.19. The van der Waals surface area contributed by atoms with Crippen molar-refractivity contribution >= 4 is 11.8 Å². The zero-order valence-electron chi connectivity index (χ0n) is 18.9. The number of nitrogens with one attached hydrogen (secondary N) is 2. The monoisotopic (exact) mass is 459 g/mol. The van der Waals surface area contributed by atoms with Crippen molar-refractivity contribution in [2.24, 2.45) is 0 Å². The molecule has 1 unspecified atom stereocenters. The molecule has 0 fully saturated rings. The van der Waals surface area contributed by atoms with Crippen LogP contribution in [0.15, 0.2) is 72.8 Å². The molecule has 3 aromatic carbocycles. The third kappa shape index (κ3) is 6.74.